The number of hydrogen-bond acceptors (Lipinski definition) is 4. The molecule has 2 aromatic rings. The molecule has 0 atom stereocenters. The normalized spacial score (nSPS) is 14.5. The van der Waals surface area contributed by atoms with Crippen LogP contribution >= 0.6 is 28.1 Å². The Kier molecular flexibility index (Phi) is 5.98. The fourth-order valence-corrected chi connectivity index (χ4v) is 3.14. The lowest BCUT2D eigenvalue weighted by molar-refractivity contribution is 0.378. The van der Waals surface area contributed by atoms with E-state index in [9.17, 15) is 0 Å². The molecule has 0 radical (unpaired) electrons. The predicted molar refractivity (Wildman–Crippen MR) is 104 cm³/mol. The van der Waals surface area contributed by atoms with Crippen LogP contribution < -0.4 is 10.2 Å². The molecule has 3 rings (SSSR count). The number of anilines is 1. The SMILES string of the molecule is S=C(NCCc1ccccc1)N1CCN(c2ncc(Br)cn2)CC1. The Morgan fingerprint density at radius 2 is 1.75 bits per heavy atom. The van der Waals surface area contributed by atoms with Gasteiger partial charge < -0.3 is 15.1 Å². The van der Waals surface area contributed by atoms with E-state index in [1.807, 2.05) is 6.07 Å². The molecule has 1 aliphatic rings. The number of piperazine rings is 1. The second kappa shape index (κ2) is 8.39. The van der Waals surface area contributed by atoms with E-state index >= 15 is 0 Å². The minimum Gasteiger partial charge on any atom is -0.362 e. The lowest BCUT2D eigenvalue weighted by atomic mass is 10.1. The van der Waals surface area contributed by atoms with Crippen molar-refractivity contribution in [2.24, 2.45) is 0 Å². The number of rotatable bonds is 4. The molecule has 0 saturated carbocycles. The zero-order chi connectivity index (χ0) is 16.8. The highest BCUT2D eigenvalue weighted by atomic mass is 79.9. The zero-order valence-corrected chi connectivity index (χ0v) is 15.8. The van der Waals surface area contributed by atoms with Crippen molar-refractivity contribution in [3.8, 4) is 0 Å². The van der Waals surface area contributed by atoms with Crippen LogP contribution in [0, 0.1) is 0 Å². The van der Waals surface area contributed by atoms with Crippen LogP contribution in [0.1, 0.15) is 5.56 Å². The molecule has 24 heavy (non-hydrogen) atoms. The molecule has 1 N–H and O–H groups in total. The molecule has 0 aliphatic carbocycles. The third-order valence-electron chi connectivity index (χ3n) is 3.99. The van der Waals surface area contributed by atoms with Gasteiger partial charge in [0.05, 0.1) is 4.47 Å². The Morgan fingerprint density at radius 1 is 1.08 bits per heavy atom. The predicted octanol–water partition coefficient (Wildman–Crippen LogP) is 2.48. The van der Waals surface area contributed by atoms with Gasteiger partial charge in [0.2, 0.25) is 5.95 Å². The van der Waals surface area contributed by atoms with Gasteiger partial charge in [-0.3, -0.25) is 0 Å². The number of benzene rings is 1. The van der Waals surface area contributed by atoms with Gasteiger partial charge in [0.25, 0.3) is 0 Å². The summed E-state index contributed by atoms with van der Waals surface area (Å²) in [6.07, 6.45) is 4.54. The summed E-state index contributed by atoms with van der Waals surface area (Å²) in [6.45, 7) is 4.39. The second-order valence-electron chi connectivity index (χ2n) is 5.64. The van der Waals surface area contributed by atoms with Crippen LogP contribution in [-0.4, -0.2) is 52.7 Å². The Labute approximate surface area is 156 Å². The van der Waals surface area contributed by atoms with Crippen molar-refractivity contribution in [2.75, 3.05) is 37.6 Å². The largest absolute Gasteiger partial charge is 0.362 e. The van der Waals surface area contributed by atoms with Crippen LogP contribution in [0.2, 0.25) is 0 Å². The van der Waals surface area contributed by atoms with Gasteiger partial charge in [-0.15, -0.1) is 0 Å². The van der Waals surface area contributed by atoms with E-state index < -0.39 is 0 Å². The molecule has 0 bridgehead atoms. The molecule has 1 aliphatic heterocycles. The third-order valence-corrected chi connectivity index (χ3v) is 4.80. The van der Waals surface area contributed by atoms with Gasteiger partial charge in [-0.25, -0.2) is 9.97 Å². The van der Waals surface area contributed by atoms with Crippen LogP contribution in [0.25, 0.3) is 0 Å². The molecule has 1 aromatic carbocycles. The van der Waals surface area contributed by atoms with Crippen molar-refractivity contribution in [3.63, 3.8) is 0 Å². The summed E-state index contributed by atoms with van der Waals surface area (Å²) in [7, 11) is 0. The molecular weight excluding hydrogens is 386 g/mol. The average Bonchev–Trinajstić information content (AvgIpc) is 2.63. The number of thiocarbonyl (C=S) groups is 1. The molecular formula is C17H20BrN5S. The van der Waals surface area contributed by atoms with Crippen LogP contribution in [0.15, 0.2) is 47.2 Å². The maximum Gasteiger partial charge on any atom is 0.225 e. The third kappa shape index (κ3) is 4.64. The van der Waals surface area contributed by atoms with Gasteiger partial charge in [0.15, 0.2) is 5.11 Å². The summed E-state index contributed by atoms with van der Waals surface area (Å²) in [5.41, 5.74) is 1.32. The maximum absolute atomic E-state index is 5.52. The van der Waals surface area contributed by atoms with Gasteiger partial charge in [0, 0.05) is 45.1 Å². The highest BCUT2D eigenvalue weighted by molar-refractivity contribution is 9.10. The average molecular weight is 406 g/mol. The highest BCUT2D eigenvalue weighted by Gasteiger charge is 2.20. The first-order chi connectivity index (χ1) is 11.7. The van der Waals surface area contributed by atoms with E-state index in [1.165, 1.54) is 5.56 Å². The van der Waals surface area contributed by atoms with E-state index in [4.69, 9.17) is 12.2 Å². The minimum absolute atomic E-state index is 0.779. The number of nitrogens with one attached hydrogen (secondary N) is 1. The lowest BCUT2D eigenvalue weighted by Crippen LogP contribution is -2.52. The van der Waals surface area contributed by atoms with Gasteiger partial charge in [0.1, 0.15) is 0 Å². The first-order valence-electron chi connectivity index (χ1n) is 8.01. The van der Waals surface area contributed by atoms with Crippen molar-refractivity contribution >= 4 is 39.2 Å². The minimum atomic E-state index is 0.779. The van der Waals surface area contributed by atoms with Crippen LogP contribution in [0.3, 0.4) is 0 Å². The summed E-state index contributed by atoms with van der Waals surface area (Å²) in [6, 6.07) is 10.5. The van der Waals surface area contributed by atoms with E-state index in [2.05, 4.69) is 65.3 Å². The summed E-state index contributed by atoms with van der Waals surface area (Å²) < 4.78 is 0.897. The number of halogens is 1. The van der Waals surface area contributed by atoms with Crippen molar-refractivity contribution in [1.29, 1.82) is 0 Å². The fourth-order valence-electron chi connectivity index (χ4n) is 2.65. The van der Waals surface area contributed by atoms with Crippen molar-refractivity contribution in [1.82, 2.24) is 20.2 Å². The fraction of sp³-hybridized carbons (Fsp3) is 0.353. The number of nitrogens with zero attached hydrogens (tertiary/aromatic N) is 4. The van der Waals surface area contributed by atoms with Crippen molar-refractivity contribution in [3.05, 3.63) is 52.8 Å². The van der Waals surface area contributed by atoms with Gasteiger partial charge in [-0.1, -0.05) is 30.3 Å². The van der Waals surface area contributed by atoms with Crippen LogP contribution in [-0.2, 0) is 6.42 Å². The monoisotopic (exact) mass is 405 g/mol. The Bertz CT molecular complexity index is 656. The second-order valence-corrected chi connectivity index (χ2v) is 6.95. The highest BCUT2D eigenvalue weighted by Crippen LogP contribution is 2.13. The number of aromatic nitrogens is 2. The van der Waals surface area contributed by atoms with Crippen molar-refractivity contribution < 1.29 is 0 Å². The quantitative estimate of drug-likeness (QED) is 0.788. The van der Waals surface area contributed by atoms with E-state index in [1.54, 1.807) is 12.4 Å². The van der Waals surface area contributed by atoms with E-state index in [-0.39, 0.29) is 0 Å². The standard InChI is InChI=1S/C17H20BrN5S/c18-15-12-20-16(21-13-15)22-8-10-23(11-9-22)17(24)19-7-6-14-4-2-1-3-5-14/h1-5,12-13H,6-11H2,(H,19,24). The van der Waals surface area contributed by atoms with E-state index in [0.717, 1.165) is 54.7 Å². The summed E-state index contributed by atoms with van der Waals surface area (Å²) >= 11 is 8.88. The first kappa shape index (κ1) is 17.1. The molecule has 2 heterocycles. The summed E-state index contributed by atoms with van der Waals surface area (Å²) in [5, 5.41) is 4.20. The van der Waals surface area contributed by atoms with Crippen LogP contribution in [0.5, 0.6) is 0 Å². The lowest BCUT2D eigenvalue weighted by Gasteiger charge is -2.36. The molecule has 1 fully saturated rings. The van der Waals surface area contributed by atoms with Crippen LogP contribution in [0.4, 0.5) is 5.95 Å². The van der Waals surface area contributed by atoms with Crippen molar-refractivity contribution in [2.45, 2.75) is 6.42 Å². The molecule has 0 unspecified atom stereocenters. The summed E-state index contributed by atoms with van der Waals surface area (Å²) in [5.74, 6) is 0.779. The first-order valence-corrected chi connectivity index (χ1v) is 9.22. The molecule has 5 nitrogen and oxygen atoms in total. The van der Waals surface area contributed by atoms with E-state index in [0.29, 0.717) is 0 Å². The molecule has 1 saturated heterocycles. The number of hydrogen-bond donors (Lipinski definition) is 1. The zero-order valence-electron chi connectivity index (χ0n) is 13.4. The smallest absolute Gasteiger partial charge is 0.225 e. The molecule has 0 spiro atoms. The maximum atomic E-state index is 5.52. The van der Waals surface area contributed by atoms with Gasteiger partial charge in [-0.2, -0.15) is 0 Å². The molecule has 1 aromatic heterocycles. The Balaban J connectivity index is 1.42. The topological polar surface area (TPSA) is 44.3 Å². The molecule has 126 valence electrons. The Hall–Kier alpha value is -1.73. The molecule has 7 heteroatoms. The summed E-state index contributed by atoms with van der Waals surface area (Å²) in [4.78, 5) is 13.1. The van der Waals surface area contributed by atoms with Gasteiger partial charge in [-0.05, 0) is 40.1 Å². The molecule has 0 amide bonds. The van der Waals surface area contributed by atoms with Gasteiger partial charge >= 0.3 is 0 Å². The Morgan fingerprint density at radius 3 is 2.42 bits per heavy atom.